The van der Waals surface area contributed by atoms with Crippen molar-refractivity contribution in [3.63, 3.8) is 0 Å². The normalized spacial score (nSPS) is 36.2. The van der Waals surface area contributed by atoms with Gasteiger partial charge >= 0.3 is 18.0 Å². The Balaban J connectivity index is 0.942. The molecule has 2 aromatic rings. The van der Waals surface area contributed by atoms with Crippen LogP contribution in [0.25, 0.3) is 0 Å². The predicted molar refractivity (Wildman–Crippen MR) is 219 cm³/mol. The SMILES string of the molecule is C#CC1(O)CCC2C3CCc4cc(OC(=O)CC(NC(=O)OC(C)(C)C)C(=O)Oc5ccc6c(c5)CCC5C6CCC6(C)C5CCC6(O)C#C)ccc4C3CCC21C. The highest BCUT2D eigenvalue weighted by Gasteiger charge is 2.62. The smallest absolute Gasteiger partial charge is 0.408 e. The van der Waals surface area contributed by atoms with Crippen molar-refractivity contribution in [2.24, 2.45) is 34.5 Å². The lowest BCUT2D eigenvalue weighted by Gasteiger charge is -2.52. The first-order valence-electron chi connectivity index (χ1n) is 21.5. The van der Waals surface area contributed by atoms with Gasteiger partial charge in [-0.2, -0.15) is 0 Å². The maximum absolute atomic E-state index is 13.8. The van der Waals surface area contributed by atoms with Gasteiger partial charge in [0, 0.05) is 10.8 Å². The summed E-state index contributed by atoms with van der Waals surface area (Å²) in [7, 11) is 0. The third-order valence-corrected chi connectivity index (χ3v) is 16.0. The number of amides is 1. The van der Waals surface area contributed by atoms with Crippen LogP contribution in [0.5, 0.6) is 11.5 Å². The van der Waals surface area contributed by atoms with Crippen LogP contribution in [0.15, 0.2) is 36.4 Å². The van der Waals surface area contributed by atoms with Gasteiger partial charge in [-0.25, -0.2) is 9.59 Å². The number of alkyl carbamates (subject to hydrolysis) is 1. The van der Waals surface area contributed by atoms with Gasteiger partial charge in [0.05, 0.1) is 6.42 Å². The zero-order chi connectivity index (χ0) is 41.4. The van der Waals surface area contributed by atoms with E-state index in [-0.39, 0.29) is 10.8 Å². The summed E-state index contributed by atoms with van der Waals surface area (Å²) in [4.78, 5) is 40.2. The second-order valence-electron chi connectivity index (χ2n) is 19.8. The van der Waals surface area contributed by atoms with Gasteiger partial charge in [-0.05, 0) is 180 Å². The van der Waals surface area contributed by atoms with Crippen molar-refractivity contribution in [3.8, 4) is 36.2 Å². The molecule has 0 aromatic heterocycles. The summed E-state index contributed by atoms with van der Waals surface area (Å²) in [5.41, 5.74) is 1.26. The third kappa shape index (κ3) is 6.71. The fourth-order valence-corrected chi connectivity index (χ4v) is 12.9. The highest BCUT2D eigenvalue weighted by Crippen LogP contribution is 2.65. The quantitative estimate of drug-likeness (QED) is 0.153. The Hall–Kier alpha value is -4.31. The van der Waals surface area contributed by atoms with E-state index in [1.807, 2.05) is 18.2 Å². The molecule has 8 rings (SSSR count). The molecular formula is C49H59NO8. The molecule has 0 bridgehead atoms. The third-order valence-electron chi connectivity index (χ3n) is 16.0. The zero-order valence-corrected chi connectivity index (χ0v) is 34.7. The van der Waals surface area contributed by atoms with E-state index in [4.69, 9.17) is 27.1 Å². The van der Waals surface area contributed by atoms with Gasteiger partial charge in [0.1, 0.15) is 34.3 Å². The van der Waals surface area contributed by atoms with Crippen LogP contribution < -0.4 is 14.8 Å². The topological polar surface area (TPSA) is 131 Å². The van der Waals surface area contributed by atoms with E-state index in [2.05, 4.69) is 37.1 Å². The van der Waals surface area contributed by atoms with Crippen molar-refractivity contribution in [2.75, 3.05) is 0 Å². The average Bonchev–Trinajstić information content (AvgIpc) is 3.62. The van der Waals surface area contributed by atoms with Gasteiger partial charge in [-0.1, -0.05) is 37.8 Å². The van der Waals surface area contributed by atoms with Gasteiger partial charge in [-0.3, -0.25) is 4.79 Å². The Kier molecular flexibility index (Phi) is 10.1. The second kappa shape index (κ2) is 14.5. The zero-order valence-electron chi connectivity index (χ0n) is 34.7. The second-order valence-corrected chi connectivity index (χ2v) is 19.8. The van der Waals surface area contributed by atoms with E-state index in [1.54, 1.807) is 32.9 Å². The Morgan fingerprint density at radius 1 is 0.759 bits per heavy atom. The number of aryl methyl sites for hydroxylation is 2. The molecule has 9 nitrogen and oxygen atoms in total. The molecule has 3 N–H and O–H groups in total. The van der Waals surface area contributed by atoms with E-state index in [0.29, 0.717) is 59.8 Å². The molecule has 6 aliphatic rings. The standard InChI is InChI=1S/C49H59NO8/c1-8-48(54)24-20-39-37-14-10-29-26-31(12-16-33(29)35(37)18-22-46(39,48)6)56-42(51)28-41(50-44(53)58-45(3,4)5)43(52)57-32-13-17-34-30(27-32)11-15-38-36(34)19-23-47(7)40(38)21-25-49(47,55)9-2/h1-2,12-13,16-17,26-27,35-41,54-55H,10-11,14-15,18-25,28H2,3-7H3,(H,50,53). The molecule has 0 spiro atoms. The lowest BCUT2D eigenvalue weighted by molar-refractivity contribution is -0.142. The number of fused-ring (bicyclic) bond motifs is 10. The molecule has 308 valence electrons. The van der Waals surface area contributed by atoms with Crippen LogP contribution in [-0.2, 0) is 27.2 Å². The van der Waals surface area contributed by atoms with E-state index in [9.17, 15) is 24.6 Å². The van der Waals surface area contributed by atoms with Gasteiger partial charge in [-0.15, -0.1) is 12.8 Å². The van der Waals surface area contributed by atoms with Gasteiger partial charge in [0.25, 0.3) is 0 Å². The van der Waals surface area contributed by atoms with E-state index < -0.39 is 47.3 Å². The van der Waals surface area contributed by atoms with E-state index in [1.165, 1.54) is 11.1 Å². The van der Waals surface area contributed by atoms with Gasteiger partial charge in [0.2, 0.25) is 0 Å². The maximum Gasteiger partial charge on any atom is 0.408 e. The number of hydrogen-bond acceptors (Lipinski definition) is 8. The van der Waals surface area contributed by atoms with Crippen LogP contribution in [0.4, 0.5) is 4.79 Å². The molecule has 2 aromatic carbocycles. The largest absolute Gasteiger partial charge is 0.444 e. The van der Waals surface area contributed by atoms with Crippen LogP contribution >= 0.6 is 0 Å². The molecule has 0 aliphatic heterocycles. The number of nitrogens with one attached hydrogen (secondary N) is 1. The van der Waals surface area contributed by atoms with Crippen LogP contribution in [0.3, 0.4) is 0 Å². The van der Waals surface area contributed by atoms with Crippen LogP contribution in [0, 0.1) is 59.2 Å². The first-order chi connectivity index (χ1) is 27.4. The number of hydrogen-bond donors (Lipinski definition) is 3. The lowest BCUT2D eigenvalue weighted by Crippen LogP contribution is -2.50. The fraction of sp³-hybridized carbons (Fsp3) is 0.612. The molecule has 11 unspecified atom stereocenters. The molecule has 0 saturated heterocycles. The van der Waals surface area contributed by atoms with Crippen molar-refractivity contribution in [1.29, 1.82) is 0 Å². The summed E-state index contributed by atoms with van der Waals surface area (Å²) in [5, 5.41) is 25.2. The Bertz CT molecular complexity index is 2090. The highest BCUT2D eigenvalue weighted by atomic mass is 16.6. The number of aliphatic hydroxyl groups is 2. The summed E-state index contributed by atoms with van der Waals surface area (Å²) < 4.78 is 17.1. The molecule has 0 radical (unpaired) electrons. The highest BCUT2D eigenvalue weighted by molar-refractivity contribution is 5.88. The van der Waals surface area contributed by atoms with Crippen molar-refractivity contribution in [1.82, 2.24) is 5.32 Å². The minimum absolute atomic E-state index is 0.281. The first kappa shape index (κ1) is 40.5. The molecule has 9 heteroatoms. The molecular weight excluding hydrogens is 731 g/mol. The van der Waals surface area contributed by atoms with Crippen LogP contribution in [-0.4, -0.2) is 51.1 Å². The molecule has 0 heterocycles. The summed E-state index contributed by atoms with van der Waals surface area (Å²) in [6.45, 7) is 9.49. The average molecular weight is 790 g/mol. The Morgan fingerprint density at radius 3 is 1.71 bits per heavy atom. The summed E-state index contributed by atoms with van der Waals surface area (Å²) in [6.07, 6.45) is 20.7. The molecule has 6 aliphatic carbocycles. The number of carbonyl (C=O) groups excluding carboxylic acids is 3. The summed E-state index contributed by atoms with van der Waals surface area (Å²) >= 11 is 0. The van der Waals surface area contributed by atoms with Crippen LogP contribution in [0.2, 0.25) is 0 Å². The van der Waals surface area contributed by atoms with Gasteiger partial charge < -0.3 is 29.7 Å². The lowest BCUT2D eigenvalue weighted by atomic mass is 9.53. The number of esters is 2. The molecule has 4 saturated carbocycles. The van der Waals surface area contributed by atoms with E-state index >= 15 is 0 Å². The summed E-state index contributed by atoms with van der Waals surface area (Å²) in [6, 6.07) is 10.1. The van der Waals surface area contributed by atoms with Crippen molar-refractivity contribution in [2.45, 2.75) is 153 Å². The minimum Gasteiger partial charge on any atom is -0.444 e. The van der Waals surface area contributed by atoms with Crippen molar-refractivity contribution < 1.29 is 38.8 Å². The Labute approximate surface area is 343 Å². The number of carbonyl (C=O) groups is 3. The number of benzene rings is 2. The van der Waals surface area contributed by atoms with Crippen molar-refractivity contribution in [3.05, 3.63) is 58.7 Å². The molecule has 58 heavy (non-hydrogen) atoms. The molecule has 11 atom stereocenters. The fourth-order valence-electron chi connectivity index (χ4n) is 12.9. The first-order valence-corrected chi connectivity index (χ1v) is 21.5. The van der Waals surface area contributed by atoms with E-state index in [0.717, 1.165) is 75.3 Å². The van der Waals surface area contributed by atoms with Crippen molar-refractivity contribution >= 4 is 18.0 Å². The number of terminal acetylenes is 2. The molecule has 1 amide bonds. The van der Waals surface area contributed by atoms with Crippen LogP contribution in [0.1, 0.15) is 139 Å². The predicted octanol–water partition coefficient (Wildman–Crippen LogP) is 7.92. The maximum atomic E-state index is 13.8. The minimum atomic E-state index is -1.36. The number of rotatable bonds is 6. The monoisotopic (exact) mass is 789 g/mol. The summed E-state index contributed by atoms with van der Waals surface area (Å²) in [5.74, 6) is 6.99. The molecule has 4 fully saturated rings. The number of ether oxygens (including phenoxy) is 3. The Morgan fingerprint density at radius 2 is 1.24 bits per heavy atom. The van der Waals surface area contributed by atoms with Gasteiger partial charge in [0.15, 0.2) is 0 Å².